The summed E-state index contributed by atoms with van der Waals surface area (Å²) in [7, 11) is -3.60. The smallest absolute Gasteiger partial charge is 0.267 e. The van der Waals surface area contributed by atoms with Crippen molar-refractivity contribution in [3.05, 3.63) is 53.3 Å². The number of amides is 1. The van der Waals surface area contributed by atoms with E-state index in [2.05, 4.69) is 4.98 Å². The number of hydrogen-bond donors (Lipinski definition) is 1. The number of aromatic nitrogens is 1. The number of nitrogens with two attached hydrogens (primary N) is 1. The van der Waals surface area contributed by atoms with E-state index >= 15 is 0 Å². The summed E-state index contributed by atoms with van der Waals surface area (Å²) in [5.74, 6) is 0.122. The molecule has 9 heteroatoms. The molecule has 7 nitrogen and oxygen atoms in total. The predicted octanol–water partition coefficient (Wildman–Crippen LogP) is 2.31. The molecule has 1 aromatic carbocycles. The van der Waals surface area contributed by atoms with Crippen LogP contribution in [0.5, 0.6) is 5.75 Å². The van der Waals surface area contributed by atoms with Crippen LogP contribution < -0.4 is 10.5 Å². The number of hydrogen-bond acceptors (Lipinski definition) is 5. The lowest BCUT2D eigenvalue weighted by molar-refractivity contribution is 0.0995. The highest BCUT2D eigenvalue weighted by atomic mass is 35.5. The maximum Gasteiger partial charge on any atom is 0.267 e. The van der Waals surface area contributed by atoms with Gasteiger partial charge in [-0.15, -0.1) is 0 Å². The molecule has 0 spiro atoms. The molecular formula is C18H20ClN3O4S. The van der Waals surface area contributed by atoms with Crippen molar-refractivity contribution in [1.29, 1.82) is 0 Å². The fraction of sp³-hybridized carbons (Fsp3) is 0.333. The fourth-order valence-electron chi connectivity index (χ4n) is 2.96. The Kier molecular flexibility index (Phi) is 5.98. The van der Waals surface area contributed by atoms with Crippen LogP contribution in [0.3, 0.4) is 0 Å². The molecule has 0 radical (unpaired) electrons. The van der Waals surface area contributed by atoms with Gasteiger partial charge in [-0.25, -0.2) is 8.42 Å². The van der Waals surface area contributed by atoms with E-state index in [1.54, 1.807) is 24.3 Å². The number of benzene rings is 1. The molecule has 3 rings (SSSR count). The van der Waals surface area contributed by atoms with E-state index in [1.807, 2.05) is 0 Å². The number of pyridine rings is 1. The van der Waals surface area contributed by atoms with Crippen LogP contribution in [0.25, 0.3) is 0 Å². The second kappa shape index (κ2) is 8.24. The molecule has 0 atom stereocenters. The van der Waals surface area contributed by atoms with E-state index in [0.29, 0.717) is 38.3 Å². The first kappa shape index (κ1) is 19.6. The molecular weight excluding hydrogens is 390 g/mol. The third kappa shape index (κ3) is 4.58. The summed E-state index contributed by atoms with van der Waals surface area (Å²) < 4.78 is 32.7. The van der Waals surface area contributed by atoms with Gasteiger partial charge >= 0.3 is 0 Å². The zero-order valence-corrected chi connectivity index (χ0v) is 16.1. The molecule has 1 saturated heterocycles. The Labute approximate surface area is 163 Å². The molecule has 1 amide bonds. The Balaban J connectivity index is 1.57. The SMILES string of the molecule is NC(=O)c1cc(OCC2CCN(S(=O)(=O)c3ccccc3Cl)CC2)ccn1. The van der Waals surface area contributed by atoms with Crippen LogP contribution >= 0.6 is 11.6 Å². The highest BCUT2D eigenvalue weighted by molar-refractivity contribution is 7.89. The molecule has 1 aliphatic rings. The molecule has 27 heavy (non-hydrogen) atoms. The quantitative estimate of drug-likeness (QED) is 0.788. The van der Waals surface area contributed by atoms with E-state index in [-0.39, 0.29) is 21.5 Å². The Morgan fingerprint density at radius 2 is 1.96 bits per heavy atom. The number of rotatable bonds is 6. The van der Waals surface area contributed by atoms with Crippen molar-refractivity contribution in [3.63, 3.8) is 0 Å². The standard InChI is InChI=1S/C18H20ClN3O4S/c19-15-3-1-2-4-17(15)27(24,25)22-9-6-13(7-10-22)12-26-14-5-8-21-16(11-14)18(20)23/h1-5,8,11,13H,6-7,9-10,12H2,(H2,20,23). The van der Waals surface area contributed by atoms with Crippen LogP contribution in [0.2, 0.25) is 5.02 Å². The summed E-state index contributed by atoms with van der Waals surface area (Å²) in [6, 6.07) is 9.61. The normalized spacial score (nSPS) is 16.2. The molecule has 2 N–H and O–H groups in total. The number of sulfonamides is 1. The average Bonchev–Trinajstić information content (AvgIpc) is 2.67. The van der Waals surface area contributed by atoms with E-state index in [1.165, 1.54) is 22.6 Å². The molecule has 1 fully saturated rings. The number of nitrogens with zero attached hydrogens (tertiary/aromatic N) is 2. The van der Waals surface area contributed by atoms with Crippen molar-refractivity contribution < 1.29 is 17.9 Å². The van der Waals surface area contributed by atoms with Crippen molar-refractivity contribution in [1.82, 2.24) is 9.29 Å². The molecule has 0 aliphatic carbocycles. The first-order valence-corrected chi connectivity index (χ1v) is 10.3. The fourth-order valence-corrected chi connectivity index (χ4v) is 4.92. The number of carbonyl (C=O) groups excluding carboxylic acids is 1. The molecule has 1 aliphatic heterocycles. The van der Waals surface area contributed by atoms with Gasteiger partial charge in [-0.1, -0.05) is 23.7 Å². The number of primary amides is 1. The summed E-state index contributed by atoms with van der Waals surface area (Å²) in [5, 5.41) is 0.228. The van der Waals surface area contributed by atoms with Crippen LogP contribution in [0.1, 0.15) is 23.3 Å². The first-order valence-electron chi connectivity index (χ1n) is 8.51. The van der Waals surface area contributed by atoms with Gasteiger partial charge in [0.2, 0.25) is 10.0 Å². The molecule has 0 bridgehead atoms. The van der Waals surface area contributed by atoms with E-state index in [4.69, 9.17) is 22.1 Å². The lowest BCUT2D eigenvalue weighted by Crippen LogP contribution is -2.39. The largest absolute Gasteiger partial charge is 0.493 e. The van der Waals surface area contributed by atoms with Crippen molar-refractivity contribution >= 4 is 27.5 Å². The third-order valence-electron chi connectivity index (χ3n) is 4.50. The van der Waals surface area contributed by atoms with Crippen LogP contribution in [0.4, 0.5) is 0 Å². The number of piperidine rings is 1. The third-order valence-corrected chi connectivity index (χ3v) is 6.90. The highest BCUT2D eigenvalue weighted by Gasteiger charge is 2.30. The van der Waals surface area contributed by atoms with Gasteiger partial charge in [-0.05, 0) is 37.0 Å². The van der Waals surface area contributed by atoms with Crippen molar-refractivity contribution in [2.75, 3.05) is 19.7 Å². The zero-order chi connectivity index (χ0) is 19.4. The second-order valence-electron chi connectivity index (χ2n) is 6.33. The van der Waals surface area contributed by atoms with Gasteiger partial charge in [-0.2, -0.15) is 4.31 Å². The minimum Gasteiger partial charge on any atom is -0.493 e. The predicted molar refractivity (Wildman–Crippen MR) is 101 cm³/mol. The Morgan fingerprint density at radius 1 is 1.26 bits per heavy atom. The molecule has 0 saturated carbocycles. The van der Waals surface area contributed by atoms with Crippen LogP contribution in [-0.4, -0.2) is 43.3 Å². The van der Waals surface area contributed by atoms with Crippen LogP contribution in [-0.2, 0) is 10.0 Å². The van der Waals surface area contributed by atoms with Gasteiger partial charge in [0.15, 0.2) is 0 Å². The lowest BCUT2D eigenvalue weighted by Gasteiger charge is -2.31. The maximum atomic E-state index is 12.8. The van der Waals surface area contributed by atoms with Crippen LogP contribution in [0, 0.1) is 5.92 Å². The van der Waals surface area contributed by atoms with E-state index < -0.39 is 15.9 Å². The van der Waals surface area contributed by atoms with Crippen molar-refractivity contribution in [2.45, 2.75) is 17.7 Å². The summed E-state index contributed by atoms with van der Waals surface area (Å²) in [6.45, 7) is 1.25. The Hall–Kier alpha value is -2.16. The van der Waals surface area contributed by atoms with E-state index in [0.717, 1.165) is 0 Å². The summed E-state index contributed by atoms with van der Waals surface area (Å²) in [5.41, 5.74) is 5.35. The van der Waals surface area contributed by atoms with Gasteiger partial charge in [0.05, 0.1) is 11.6 Å². The van der Waals surface area contributed by atoms with Gasteiger partial charge in [0.1, 0.15) is 16.3 Å². The van der Waals surface area contributed by atoms with E-state index in [9.17, 15) is 13.2 Å². The van der Waals surface area contributed by atoms with Gasteiger partial charge < -0.3 is 10.5 Å². The first-order chi connectivity index (χ1) is 12.9. The lowest BCUT2D eigenvalue weighted by atomic mass is 9.99. The van der Waals surface area contributed by atoms with Crippen LogP contribution in [0.15, 0.2) is 47.5 Å². The Morgan fingerprint density at radius 3 is 2.63 bits per heavy atom. The number of ether oxygens (including phenoxy) is 1. The maximum absolute atomic E-state index is 12.8. The van der Waals surface area contributed by atoms with Crippen molar-refractivity contribution in [2.24, 2.45) is 11.7 Å². The second-order valence-corrected chi connectivity index (χ2v) is 8.64. The highest BCUT2D eigenvalue weighted by Crippen LogP contribution is 2.28. The van der Waals surface area contributed by atoms with Crippen molar-refractivity contribution in [3.8, 4) is 5.75 Å². The topological polar surface area (TPSA) is 103 Å². The van der Waals surface area contributed by atoms with Gasteiger partial charge in [0, 0.05) is 25.4 Å². The van der Waals surface area contributed by atoms with Gasteiger partial charge in [0.25, 0.3) is 5.91 Å². The number of halogens is 1. The minimum absolute atomic E-state index is 0.136. The molecule has 1 aromatic heterocycles. The summed E-state index contributed by atoms with van der Waals surface area (Å²) >= 11 is 6.05. The zero-order valence-electron chi connectivity index (χ0n) is 14.5. The summed E-state index contributed by atoms with van der Waals surface area (Å²) in [6.07, 6.45) is 2.82. The Bertz CT molecular complexity index is 928. The molecule has 0 unspecified atom stereocenters. The van der Waals surface area contributed by atoms with Gasteiger partial charge in [-0.3, -0.25) is 9.78 Å². The molecule has 144 valence electrons. The number of carbonyl (C=O) groups is 1. The molecule has 2 heterocycles. The average molecular weight is 410 g/mol. The monoisotopic (exact) mass is 409 g/mol. The summed E-state index contributed by atoms with van der Waals surface area (Å²) in [4.78, 5) is 15.2. The molecule has 2 aromatic rings. The minimum atomic E-state index is -3.60.